The molecule has 0 aromatic heterocycles. The minimum Gasteiger partial charge on any atom is -0.465 e. The summed E-state index contributed by atoms with van der Waals surface area (Å²) in [5.74, 6) is -4.35. The lowest BCUT2D eigenvalue weighted by atomic mass is 9.90. The Labute approximate surface area is 281 Å². The molecule has 0 aliphatic rings. The van der Waals surface area contributed by atoms with E-state index in [1.54, 1.807) is 34.6 Å². The average Bonchev–Trinajstić information content (AvgIpc) is 3.09. The molecule has 0 spiro atoms. The van der Waals surface area contributed by atoms with Crippen LogP contribution in [0.1, 0.15) is 101 Å². The van der Waals surface area contributed by atoms with Gasteiger partial charge in [-0.05, 0) is 32.1 Å². The van der Waals surface area contributed by atoms with E-state index in [1.165, 1.54) is 0 Å². The van der Waals surface area contributed by atoms with E-state index in [2.05, 4.69) is 0 Å². The highest BCUT2D eigenvalue weighted by Crippen LogP contribution is 2.27. The Kier molecular flexibility index (Phi) is 21.4. The number of rotatable bonds is 25. The van der Waals surface area contributed by atoms with Crippen molar-refractivity contribution in [1.82, 2.24) is 0 Å². The third-order valence-electron chi connectivity index (χ3n) is 8.83. The molecule has 5 atom stereocenters. The zero-order valence-corrected chi connectivity index (χ0v) is 30.5. The third kappa shape index (κ3) is 15.8. The summed E-state index contributed by atoms with van der Waals surface area (Å²) in [5, 5.41) is 10.5. The Morgan fingerprint density at radius 1 is 0.426 bits per heavy atom. The molecule has 0 heterocycles. The summed E-state index contributed by atoms with van der Waals surface area (Å²) in [6, 6.07) is 0. The van der Waals surface area contributed by atoms with Crippen molar-refractivity contribution in [2.45, 2.75) is 101 Å². The van der Waals surface area contributed by atoms with Gasteiger partial charge in [0, 0.05) is 0 Å². The molecule has 0 saturated carbocycles. The van der Waals surface area contributed by atoms with Crippen molar-refractivity contribution >= 4 is 29.8 Å². The Balaban J connectivity index is 6.43. The van der Waals surface area contributed by atoms with E-state index < -0.39 is 65.0 Å². The lowest BCUT2D eigenvalue weighted by molar-refractivity contribution is -0.176. The van der Waals surface area contributed by atoms with E-state index in [4.69, 9.17) is 28.4 Å². The summed E-state index contributed by atoms with van der Waals surface area (Å²) in [7, 11) is 0. The molecule has 1 N–H and O–H groups in total. The Bertz CT molecular complexity index is 874. The van der Waals surface area contributed by atoms with Gasteiger partial charge in [-0.3, -0.25) is 24.0 Å². The highest BCUT2D eigenvalue weighted by molar-refractivity contribution is 5.73. The van der Waals surface area contributed by atoms with Crippen LogP contribution in [-0.4, -0.2) is 87.8 Å². The number of hydrogen-bond acceptors (Lipinski definition) is 12. The predicted octanol–water partition coefficient (Wildman–Crippen LogP) is 4.91. The van der Waals surface area contributed by atoms with Crippen molar-refractivity contribution in [3.63, 3.8) is 0 Å². The molecule has 0 aliphatic carbocycles. The van der Waals surface area contributed by atoms with Crippen molar-refractivity contribution < 1.29 is 57.5 Å². The van der Waals surface area contributed by atoms with Gasteiger partial charge in [0.25, 0.3) is 0 Å². The van der Waals surface area contributed by atoms with E-state index >= 15 is 0 Å². The highest BCUT2D eigenvalue weighted by atomic mass is 16.6. The summed E-state index contributed by atoms with van der Waals surface area (Å²) >= 11 is 0. The number of carbonyl (C=O) groups is 5. The number of ether oxygens (including phenoxy) is 6. The molecular weight excluding hydrogens is 612 g/mol. The van der Waals surface area contributed by atoms with Crippen LogP contribution in [0.3, 0.4) is 0 Å². The largest absolute Gasteiger partial charge is 0.465 e. The SMILES string of the molecule is CCC(C)C(=O)OCC(CO)(COCC(COC(=O)C(C)CC)(COC(=O)C(C)CC)COC(=O)C(C)CC)COC(=O)C(C)CC. The molecule has 12 nitrogen and oxygen atoms in total. The molecule has 0 rings (SSSR count). The van der Waals surface area contributed by atoms with Crippen molar-refractivity contribution in [3.8, 4) is 0 Å². The summed E-state index contributed by atoms with van der Waals surface area (Å²) in [6.45, 7) is 15.3. The van der Waals surface area contributed by atoms with Gasteiger partial charge in [0.2, 0.25) is 0 Å². The Morgan fingerprint density at radius 2 is 0.638 bits per heavy atom. The summed E-state index contributed by atoms with van der Waals surface area (Å²) in [4.78, 5) is 63.3. The van der Waals surface area contributed by atoms with Crippen molar-refractivity contribution in [2.24, 2.45) is 40.4 Å². The van der Waals surface area contributed by atoms with Crippen molar-refractivity contribution in [2.75, 3.05) is 52.9 Å². The molecule has 0 aliphatic heterocycles. The maximum absolute atomic E-state index is 12.7. The number of aliphatic hydroxyl groups is 1. The van der Waals surface area contributed by atoms with Crippen LogP contribution in [0.15, 0.2) is 0 Å². The number of carbonyl (C=O) groups excluding carboxylic acids is 5. The first-order valence-electron chi connectivity index (χ1n) is 17.1. The van der Waals surface area contributed by atoms with Crippen LogP contribution in [0, 0.1) is 40.4 Å². The molecule has 5 unspecified atom stereocenters. The van der Waals surface area contributed by atoms with Crippen molar-refractivity contribution in [1.29, 1.82) is 0 Å². The second-order valence-corrected chi connectivity index (χ2v) is 13.2. The number of hydrogen-bond donors (Lipinski definition) is 1. The lowest BCUT2D eigenvalue weighted by Gasteiger charge is -2.35. The van der Waals surface area contributed by atoms with Crippen LogP contribution >= 0.6 is 0 Å². The second-order valence-electron chi connectivity index (χ2n) is 13.2. The van der Waals surface area contributed by atoms with Gasteiger partial charge in [0.1, 0.15) is 33.0 Å². The Hall–Kier alpha value is -2.73. The first kappa shape index (κ1) is 44.3. The smallest absolute Gasteiger partial charge is 0.308 e. The zero-order valence-electron chi connectivity index (χ0n) is 30.5. The van der Waals surface area contributed by atoms with Crippen molar-refractivity contribution in [3.05, 3.63) is 0 Å². The third-order valence-corrected chi connectivity index (χ3v) is 8.83. The van der Waals surface area contributed by atoms with Gasteiger partial charge >= 0.3 is 29.8 Å². The number of esters is 5. The van der Waals surface area contributed by atoms with E-state index in [0.29, 0.717) is 32.1 Å². The molecule has 0 radical (unpaired) electrons. The normalized spacial score (nSPS) is 17.1. The van der Waals surface area contributed by atoms with Gasteiger partial charge in [-0.25, -0.2) is 0 Å². The standard InChI is InChI=1S/C35H62O12/c1-11-24(6)29(37)43-19-34(16-36,20-44-30(38)25(7)12-2)17-42-18-35(21-45-31(39)26(8)13-3,22-46-32(40)27(9)14-4)23-47-33(41)28(10)15-5/h24-28,36H,11-23H2,1-10H3. The molecule has 0 fully saturated rings. The average molecular weight is 675 g/mol. The molecule has 0 aromatic rings. The summed E-state index contributed by atoms with van der Waals surface area (Å²) < 4.78 is 34.1. The highest BCUT2D eigenvalue weighted by Gasteiger charge is 2.40. The maximum atomic E-state index is 12.7. The minimum absolute atomic E-state index is 0.247. The van der Waals surface area contributed by atoms with Gasteiger partial charge in [-0.2, -0.15) is 0 Å². The van der Waals surface area contributed by atoms with Crippen LogP contribution in [0.5, 0.6) is 0 Å². The predicted molar refractivity (Wildman–Crippen MR) is 175 cm³/mol. The fraction of sp³-hybridized carbons (Fsp3) is 0.857. The maximum Gasteiger partial charge on any atom is 0.308 e. The first-order chi connectivity index (χ1) is 22.1. The van der Waals surface area contributed by atoms with Gasteiger partial charge in [0.15, 0.2) is 0 Å². The fourth-order valence-electron chi connectivity index (χ4n) is 3.66. The minimum atomic E-state index is -1.34. The zero-order chi connectivity index (χ0) is 36.2. The fourth-order valence-corrected chi connectivity index (χ4v) is 3.66. The van der Waals surface area contributed by atoms with E-state index in [-0.39, 0.29) is 58.1 Å². The Morgan fingerprint density at radius 3 is 0.851 bits per heavy atom. The molecule has 0 bridgehead atoms. The lowest BCUT2D eigenvalue weighted by Crippen LogP contribution is -2.47. The van der Waals surface area contributed by atoms with Crippen LogP contribution in [-0.2, 0) is 52.4 Å². The van der Waals surface area contributed by atoms with Crippen LogP contribution < -0.4 is 0 Å². The molecule has 0 aromatic carbocycles. The number of aliphatic hydroxyl groups excluding tert-OH is 1. The molecule has 47 heavy (non-hydrogen) atoms. The van der Waals surface area contributed by atoms with Gasteiger partial charge in [-0.15, -0.1) is 0 Å². The molecule has 12 heteroatoms. The topological polar surface area (TPSA) is 161 Å². The molecular formula is C35H62O12. The second kappa shape index (κ2) is 22.8. The van der Waals surface area contributed by atoms with Gasteiger partial charge in [0.05, 0.1) is 60.2 Å². The van der Waals surface area contributed by atoms with Crippen LogP contribution in [0.25, 0.3) is 0 Å². The van der Waals surface area contributed by atoms with Gasteiger partial charge in [-0.1, -0.05) is 69.2 Å². The van der Waals surface area contributed by atoms with Crippen LogP contribution in [0.4, 0.5) is 0 Å². The van der Waals surface area contributed by atoms with E-state index in [1.807, 2.05) is 34.6 Å². The molecule has 274 valence electrons. The van der Waals surface area contributed by atoms with Crippen LogP contribution in [0.2, 0.25) is 0 Å². The molecule has 0 amide bonds. The van der Waals surface area contributed by atoms with Gasteiger partial charge < -0.3 is 33.5 Å². The summed E-state index contributed by atoms with van der Waals surface area (Å²) in [6.07, 6.45) is 2.72. The first-order valence-corrected chi connectivity index (χ1v) is 17.1. The monoisotopic (exact) mass is 674 g/mol. The molecule has 0 saturated heterocycles. The summed E-state index contributed by atoms with van der Waals surface area (Å²) in [5.41, 5.74) is -2.66. The van der Waals surface area contributed by atoms with E-state index in [9.17, 15) is 29.1 Å². The quantitative estimate of drug-likeness (QED) is 0.103. The van der Waals surface area contributed by atoms with E-state index in [0.717, 1.165) is 0 Å².